The van der Waals surface area contributed by atoms with Crippen LogP contribution in [0.3, 0.4) is 0 Å². The third kappa shape index (κ3) is 6.98. The smallest absolute Gasteiger partial charge is 0.410 e. The molecule has 1 heterocycles. The average Bonchev–Trinajstić information content (AvgIpc) is 2.77. The molecular weight excluding hydrogens is 399 g/mol. The van der Waals surface area contributed by atoms with Crippen LogP contribution in [0.15, 0.2) is 54.6 Å². The molecule has 1 aliphatic heterocycles. The van der Waals surface area contributed by atoms with E-state index in [0.717, 1.165) is 24.0 Å². The highest BCUT2D eigenvalue weighted by Gasteiger charge is 2.30. The molecule has 0 aromatic heterocycles. The standard InChI is InChI=1S/C24H29FN2O4/c1-24(2,17-26-22(28)30-16-18-7-4-3-5-8-18)31-23(29)27-14-6-9-20(15-27)19-10-12-21(25)13-11-19/h3-5,7-8,10-13,20H,6,9,14-17H2,1-2H3,(H,26,28). The summed E-state index contributed by atoms with van der Waals surface area (Å²) in [6, 6.07) is 15.8. The lowest BCUT2D eigenvalue weighted by molar-refractivity contribution is 0.00878. The number of amides is 2. The fourth-order valence-electron chi connectivity index (χ4n) is 3.55. The van der Waals surface area contributed by atoms with Gasteiger partial charge >= 0.3 is 12.2 Å². The molecule has 31 heavy (non-hydrogen) atoms. The van der Waals surface area contributed by atoms with Crippen molar-refractivity contribution in [3.8, 4) is 0 Å². The van der Waals surface area contributed by atoms with Crippen molar-refractivity contribution in [1.29, 1.82) is 0 Å². The van der Waals surface area contributed by atoms with Gasteiger partial charge in [0.1, 0.15) is 18.0 Å². The van der Waals surface area contributed by atoms with Crippen LogP contribution < -0.4 is 5.32 Å². The average molecular weight is 429 g/mol. The predicted molar refractivity (Wildman–Crippen MR) is 115 cm³/mol. The summed E-state index contributed by atoms with van der Waals surface area (Å²) in [7, 11) is 0. The number of nitrogens with one attached hydrogen (secondary N) is 1. The molecule has 0 bridgehead atoms. The molecule has 1 aliphatic rings. The van der Waals surface area contributed by atoms with E-state index in [1.165, 1.54) is 12.1 Å². The van der Waals surface area contributed by atoms with Crippen LogP contribution in [0.2, 0.25) is 0 Å². The van der Waals surface area contributed by atoms with Gasteiger partial charge < -0.3 is 19.7 Å². The third-order valence-electron chi connectivity index (χ3n) is 5.26. The first-order valence-electron chi connectivity index (χ1n) is 10.5. The van der Waals surface area contributed by atoms with Crippen molar-refractivity contribution in [2.75, 3.05) is 19.6 Å². The van der Waals surface area contributed by atoms with Crippen LogP contribution in [0.25, 0.3) is 0 Å². The number of alkyl carbamates (subject to hydrolysis) is 1. The Bertz CT molecular complexity index is 871. The van der Waals surface area contributed by atoms with Gasteiger partial charge in [0.05, 0.1) is 6.54 Å². The maximum atomic E-state index is 13.2. The maximum Gasteiger partial charge on any atom is 0.410 e. The molecular formula is C24H29FN2O4. The zero-order valence-electron chi connectivity index (χ0n) is 18.0. The van der Waals surface area contributed by atoms with Gasteiger partial charge in [0, 0.05) is 19.0 Å². The number of nitrogens with zero attached hydrogens (tertiary/aromatic N) is 1. The first-order valence-corrected chi connectivity index (χ1v) is 10.5. The van der Waals surface area contributed by atoms with Crippen molar-refractivity contribution in [3.63, 3.8) is 0 Å². The molecule has 1 saturated heterocycles. The Balaban J connectivity index is 1.45. The Morgan fingerprint density at radius 2 is 1.84 bits per heavy atom. The predicted octanol–water partition coefficient (Wildman–Crippen LogP) is 4.85. The zero-order chi connectivity index (χ0) is 22.3. The summed E-state index contributed by atoms with van der Waals surface area (Å²) in [4.78, 5) is 26.3. The van der Waals surface area contributed by atoms with Crippen molar-refractivity contribution in [2.45, 2.75) is 44.8 Å². The highest BCUT2D eigenvalue weighted by molar-refractivity contribution is 5.69. The molecule has 1 N–H and O–H groups in total. The van der Waals surface area contributed by atoms with E-state index in [1.54, 1.807) is 30.9 Å². The number of halogens is 1. The van der Waals surface area contributed by atoms with Gasteiger partial charge in [-0.15, -0.1) is 0 Å². The molecule has 0 radical (unpaired) electrons. The van der Waals surface area contributed by atoms with E-state index in [-0.39, 0.29) is 24.9 Å². The summed E-state index contributed by atoms with van der Waals surface area (Å²) in [5.74, 6) is -0.122. The summed E-state index contributed by atoms with van der Waals surface area (Å²) in [5, 5.41) is 2.65. The van der Waals surface area contributed by atoms with Crippen LogP contribution in [-0.2, 0) is 16.1 Å². The first kappa shape index (κ1) is 22.6. The minimum absolute atomic E-state index is 0.127. The van der Waals surface area contributed by atoms with Crippen molar-refractivity contribution in [3.05, 3.63) is 71.5 Å². The highest BCUT2D eigenvalue weighted by Crippen LogP contribution is 2.28. The van der Waals surface area contributed by atoms with Crippen LogP contribution in [0.1, 0.15) is 43.7 Å². The molecule has 166 valence electrons. The van der Waals surface area contributed by atoms with Gasteiger partial charge in [-0.1, -0.05) is 42.5 Å². The highest BCUT2D eigenvalue weighted by atomic mass is 19.1. The van der Waals surface area contributed by atoms with Gasteiger partial charge in [-0.2, -0.15) is 0 Å². The number of likely N-dealkylation sites (tertiary alicyclic amines) is 1. The molecule has 2 aromatic rings. The normalized spacial score (nSPS) is 16.5. The largest absolute Gasteiger partial charge is 0.445 e. The van der Waals surface area contributed by atoms with Crippen LogP contribution in [0.5, 0.6) is 0 Å². The minimum atomic E-state index is -0.897. The Morgan fingerprint density at radius 3 is 2.55 bits per heavy atom. The summed E-state index contributed by atoms with van der Waals surface area (Å²) in [5.41, 5.74) is 1.01. The Kier molecular flexibility index (Phi) is 7.50. The number of hydrogen-bond acceptors (Lipinski definition) is 4. The minimum Gasteiger partial charge on any atom is -0.445 e. The van der Waals surface area contributed by atoms with E-state index in [0.29, 0.717) is 13.1 Å². The molecule has 0 spiro atoms. The maximum absolute atomic E-state index is 13.2. The molecule has 2 aromatic carbocycles. The number of ether oxygens (including phenoxy) is 2. The molecule has 7 heteroatoms. The summed E-state index contributed by atoms with van der Waals surface area (Å²) < 4.78 is 24.0. The molecule has 3 rings (SSSR count). The van der Waals surface area contributed by atoms with Crippen LogP contribution in [0, 0.1) is 5.82 Å². The lowest BCUT2D eigenvalue weighted by Crippen LogP contribution is -2.47. The van der Waals surface area contributed by atoms with Crippen molar-refractivity contribution in [2.24, 2.45) is 0 Å². The number of piperidine rings is 1. The molecule has 1 fully saturated rings. The molecule has 2 amide bonds. The van der Waals surface area contributed by atoms with E-state index in [2.05, 4.69) is 5.32 Å². The monoisotopic (exact) mass is 428 g/mol. The molecule has 1 unspecified atom stereocenters. The van der Waals surface area contributed by atoms with Crippen molar-refractivity contribution in [1.82, 2.24) is 10.2 Å². The Labute approximate surface area is 182 Å². The molecule has 0 aliphatic carbocycles. The van der Waals surface area contributed by atoms with E-state index >= 15 is 0 Å². The van der Waals surface area contributed by atoms with Gasteiger partial charge in [-0.25, -0.2) is 14.0 Å². The van der Waals surface area contributed by atoms with E-state index in [4.69, 9.17) is 9.47 Å². The number of carbonyl (C=O) groups excluding carboxylic acids is 2. The fourth-order valence-corrected chi connectivity index (χ4v) is 3.55. The lowest BCUT2D eigenvalue weighted by atomic mass is 9.91. The lowest BCUT2D eigenvalue weighted by Gasteiger charge is -2.35. The van der Waals surface area contributed by atoms with E-state index < -0.39 is 17.8 Å². The van der Waals surface area contributed by atoms with Crippen molar-refractivity contribution < 1.29 is 23.5 Å². The van der Waals surface area contributed by atoms with Gasteiger partial charge in [-0.3, -0.25) is 0 Å². The Hall–Kier alpha value is -3.09. The molecule has 1 atom stereocenters. The summed E-state index contributed by atoms with van der Waals surface area (Å²) in [6.45, 7) is 4.91. The molecule has 6 nitrogen and oxygen atoms in total. The first-order chi connectivity index (χ1) is 14.8. The van der Waals surface area contributed by atoms with E-state index in [9.17, 15) is 14.0 Å². The quantitative estimate of drug-likeness (QED) is 0.714. The zero-order valence-corrected chi connectivity index (χ0v) is 18.0. The van der Waals surface area contributed by atoms with Gasteiger partial charge in [0.2, 0.25) is 0 Å². The number of carbonyl (C=O) groups is 2. The SMILES string of the molecule is CC(C)(CNC(=O)OCc1ccccc1)OC(=O)N1CCCC(c2ccc(F)cc2)C1. The number of benzene rings is 2. The Morgan fingerprint density at radius 1 is 1.13 bits per heavy atom. The van der Waals surface area contributed by atoms with Gasteiger partial charge in [0.25, 0.3) is 0 Å². The topological polar surface area (TPSA) is 67.9 Å². The fraction of sp³-hybridized carbons (Fsp3) is 0.417. The van der Waals surface area contributed by atoms with Crippen LogP contribution in [-0.4, -0.2) is 42.3 Å². The van der Waals surface area contributed by atoms with Crippen LogP contribution in [0.4, 0.5) is 14.0 Å². The molecule has 0 saturated carbocycles. The van der Waals surface area contributed by atoms with E-state index in [1.807, 2.05) is 30.3 Å². The number of rotatable bonds is 6. The summed E-state index contributed by atoms with van der Waals surface area (Å²) in [6.07, 6.45) is 0.800. The summed E-state index contributed by atoms with van der Waals surface area (Å²) >= 11 is 0. The second-order valence-electron chi connectivity index (χ2n) is 8.38. The van der Waals surface area contributed by atoms with Gasteiger partial charge in [0.15, 0.2) is 0 Å². The van der Waals surface area contributed by atoms with Crippen LogP contribution >= 0.6 is 0 Å². The third-order valence-corrected chi connectivity index (χ3v) is 5.26. The van der Waals surface area contributed by atoms with Crippen molar-refractivity contribution >= 4 is 12.2 Å². The van der Waals surface area contributed by atoms with Gasteiger partial charge in [-0.05, 0) is 49.9 Å². The second kappa shape index (κ2) is 10.3. The second-order valence-corrected chi connectivity index (χ2v) is 8.38. The number of hydrogen-bond donors (Lipinski definition) is 1.